The molecule has 2 aromatic rings. The summed E-state index contributed by atoms with van der Waals surface area (Å²) < 4.78 is 0. The van der Waals surface area contributed by atoms with Gasteiger partial charge in [-0.15, -0.1) is 0 Å². The van der Waals surface area contributed by atoms with Crippen LogP contribution in [0.4, 0.5) is 0 Å². The molecular weight excluding hydrogens is 257 g/mol. The van der Waals surface area contributed by atoms with E-state index in [0.29, 0.717) is 15.7 Å². The van der Waals surface area contributed by atoms with E-state index in [1.807, 2.05) is 25.1 Å². The average molecular weight is 268 g/mol. The number of halogens is 2. The highest BCUT2D eigenvalue weighted by Crippen LogP contribution is 2.32. The normalized spacial score (nSPS) is 10.6. The van der Waals surface area contributed by atoms with Crippen LogP contribution in [0.5, 0.6) is 0 Å². The zero-order valence-electron chi connectivity index (χ0n) is 9.24. The maximum Gasteiger partial charge on any atom is 0.0721 e. The van der Waals surface area contributed by atoms with E-state index in [2.05, 4.69) is 4.98 Å². The molecule has 0 bridgehead atoms. The standard InChI is InChI=1S/C13H11Cl2NO/c1-8-6-16-12(5-9(8)7-17)10-3-2-4-11(14)13(10)15/h2-6,17H,7H2,1H3. The third-order valence-corrected chi connectivity index (χ3v) is 3.43. The third kappa shape index (κ3) is 2.44. The Labute approximate surface area is 110 Å². The topological polar surface area (TPSA) is 33.1 Å². The van der Waals surface area contributed by atoms with Gasteiger partial charge in [-0.2, -0.15) is 0 Å². The van der Waals surface area contributed by atoms with E-state index in [-0.39, 0.29) is 6.61 Å². The Morgan fingerprint density at radius 2 is 2.06 bits per heavy atom. The number of aryl methyl sites for hydroxylation is 1. The molecule has 0 aliphatic carbocycles. The summed E-state index contributed by atoms with van der Waals surface area (Å²) in [6.45, 7) is 1.89. The van der Waals surface area contributed by atoms with Crippen LogP contribution in [0.25, 0.3) is 11.3 Å². The number of aromatic nitrogens is 1. The van der Waals surface area contributed by atoms with Gasteiger partial charge in [-0.3, -0.25) is 4.98 Å². The first-order chi connectivity index (χ1) is 8.13. The molecule has 0 radical (unpaired) electrons. The quantitative estimate of drug-likeness (QED) is 0.897. The van der Waals surface area contributed by atoms with E-state index in [1.165, 1.54) is 0 Å². The summed E-state index contributed by atoms with van der Waals surface area (Å²) in [7, 11) is 0. The molecule has 0 saturated heterocycles. The summed E-state index contributed by atoms with van der Waals surface area (Å²) in [6, 6.07) is 7.23. The number of aliphatic hydroxyl groups is 1. The van der Waals surface area contributed by atoms with E-state index in [9.17, 15) is 5.11 Å². The Kier molecular flexibility index (Phi) is 3.67. The van der Waals surface area contributed by atoms with Gasteiger partial charge in [0.1, 0.15) is 0 Å². The molecule has 0 fully saturated rings. The lowest BCUT2D eigenvalue weighted by Gasteiger charge is -2.08. The Hall–Kier alpha value is -1.09. The van der Waals surface area contributed by atoms with Crippen LogP contribution in [-0.2, 0) is 6.61 Å². The van der Waals surface area contributed by atoms with Crippen LogP contribution in [0, 0.1) is 6.92 Å². The van der Waals surface area contributed by atoms with Crippen LogP contribution in [0.15, 0.2) is 30.5 Å². The molecule has 1 heterocycles. The molecule has 1 N–H and O–H groups in total. The molecule has 0 aliphatic rings. The molecule has 0 saturated carbocycles. The van der Waals surface area contributed by atoms with E-state index in [4.69, 9.17) is 23.2 Å². The lowest BCUT2D eigenvalue weighted by molar-refractivity contribution is 0.281. The Morgan fingerprint density at radius 1 is 1.29 bits per heavy atom. The SMILES string of the molecule is Cc1cnc(-c2cccc(Cl)c2Cl)cc1CO. The second-order valence-corrected chi connectivity index (χ2v) is 4.54. The van der Waals surface area contributed by atoms with Crippen LogP contribution < -0.4 is 0 Å². The van der Waals surface area contributed by atoms with Gasteiger partial charge in [-0.05, 0) is 30.2 Å². The first-order valence-corrected chi connectivity index (χ1v) is 5.90. The Balaban J connectivity index is 2.57. The molecule has 0 unspecified atom stereocenters. The number of pyridine rings is 1. The molecular formula is C13H11Cl2NO. The van der Waals surface area contributed by atoms with Crippen molar-refractivity contribution in [3.63, 3.8) is 0 Å². The van der Waals surface area contributed by atoms with Gasteiger partial charge >= 0.3 is 0 Å². The van der Waals surface area contributed by atoms with Gasteiger partial charge in [-0.1, -0.05) is 35.3 Å². The van der Waals surface area contributed by atoms with Gasteiger partial charge in [0.15, 0.2) is 0 Å². The highest BCUT2D eigenvalue weighted by molar-refractivity contribution is 6.43. The minimum atomic E-state index is -0.0143. The van der Waals surface area contributed by atoms with E-state index >= 15 is 0 Å². The van der Waals surface area contributed by atoms with Crippen molar-refractivity contribution in [2.45, 2.75) is 13.5 Å². The van der Waals surface area contributed by atoms with Crippen LogP contribution in [0.3, 0.4) is 0 Å². The Bertz CT molecular complexity index is 555. The van der Waals surface area contributed by atoms with Gasteiger partial charge in [0.2, 0.25) is 0 Å². The number of rotatable bonds is 2. The number of hydrogen-bond acceptors (Lipinski definition) is 2. The van der Waals surface area contributed by atoms with Gasteiger partial charge in [0.05, 0.1) is 22.3 Å². The maximum absolute atomic E-state index is 9.23. The molecule has 1 aromatic carbocycles. The van der Waals surface area contributed by atoms with Crippen molar-refractivity contribution in [1.82, 2.24) is 4.98 Å². The fraction of sp³-hybridized carbons (Fsp3) is 0.154. The average Bonchev–Trinajstić information content (AvgIpc) is 2.34. The van der Waals surface area contributed by atoms with Crippen molar-refractivity contribution in [1.29, 1.82) is 0 Å². The predicted molar refractivity (Wildman–Crippen MR) is 70.4 cm³/mol. The van der Waals surface area contributed by atoms with Crippen molar-refractivity contribution in [3.8, 4) is 11.3 Å². The van der Waals surface area contributed by atoms with Crippen molar-refractivity contribution in [3.05, 3.63) is 51.6 Å². The van der Waals surface area contributed by atoms with Gasteiger partial charge < -0.3 is 5.11 Å². The van der Waals surface area contributed by atoms with E-state index in [1.54, 1.807) is 12.3 Å². The van der Waals surface area contributed by atoms with Crippen LogP contribution in [0.2, 0.25) is 10.0 Å². The summed E-state index contributed by atoms with van der Waals surface area (Å²) in [5.74, 6) is 0. The molecule has 2 nitrogen and oxygen atoms in total. The first-order valence-electron chi connectivity index (χ1n) is 5.14. The van der Waals surface area contributed by atoms with Crippen LogP contribution in [0.1, 0.15) is 11.1 Å². The highest BCUT2D eigenvalue weighted by Gasteiger charge is 2.09. The number of nitrogens with zero attached hydrogens (tertiary/aromatic N) is 1. The smallest absolute Gasteiger partial charge is 0.0721 e. The monoisotopic (exact) mass is 267 g/mol. The largest absolute Gasteiger partial charge is 0.392 e. The molecule has 0 amide bonds. The minimum Gasteiger partial charge on any atom is -0.392 e. The zero-order chi connectivity index (χ0) is 12.4. The summed E-state index contributed by atoms with van der Waals surface area (Å²) >= 11 is 12.1. The molecule has 1 aromatic heterocycles. The molecule has 2 rings (SSSR count). The molecule has 0 aliphatic heterocycles. The molecule has 17 heavy (non-hydrogen) atoms. The zero-order valence-corrected chi connectivity index (χ0v) is 10.8. The van der Waals surface area contributed by atoms with Crippen LogP contribution in [-0.4, -0.2) is 10.1 Å². The van der Waals surface area contributed by atoms with E-state index in [0.717, 1.165) is 16.7 Å². The van der Waals surface area contributed by atoms with Gasteiger partial charge in [0, 0.05) is 11.8 Å². The minimum absolute atomic E-state index is 0.0143. The van der Waals surface area contributed by atoms with E-state index < -0.39 is 0 Å². The van der Waals surface area contributed by atoms with Crippen molar-refractivity contribution < 1.29 is 5.11 Å². The summed E-state index contributed by atoms with van der Waals surface area (Å²) in [5.41, 5.74) is 3.28. The van der Waals surface area contributed by atoms with Gasteiger partial charge in [-0.25, -0.2) is 0 Å². The Morgan fingerprint density at radius 3 is 2.76 bits per heavy atom. The molecule has 88 valence electrons. The van der Waals surface area contributed by atoms with Crippen molar-refractivity contribution >= 4 is 23.2 Å². The fourth-order valence-corrected chi connectivity index (χ4v) is 1.98. The highest BCUT2D eigenvalue weighted by atomic mass is 35.5. The second kappa shape index (κ2) is 5.05. The predicted octanol–water partition coefficient (Wildman–Crippen LogP) is 3.86. The number of aliphatic hydroxyl groups excluding tert-OH is 1. The van der Waals surface area contributed by atoms with Gasteiger partial charge in [0.25, 0.3) is 0 Å². The number of hydrogen-bond donors (Lipinski definition) is 1. The summed E-state index contributed by atoms with van der Waals surface area (Å²) in [4.78, 5) is 4.30. The maximum atomic E-state index is 9.23. The summed E-state index contributed by atoms with van der Waals surface area (Å²) in [6.07, 6.45) is 1.72. The van der Waals surface area contributed by atoms with Crippen molar-refractivity contribution in [2.75, 3.05) is 0 Å². The molecule has 0 spiro atoms. The second-order valence-electron chi connectivity index (χ2n) is 3.76. The first kappa shape index (κ1) is 12.4. The van der Waals surface area contributed by atoms with Crippen molar-refractivity contribution in [2.24, 2.45) is 0 Å². The lowest BCUT2D eigenvalue weighted by atomic mass is 10.1. The van der Waals surface area contributed by atoms with Crippen LogP contribution >= 0.6 is 23.2 Å². The lowest BCUT2D eigenvalue weighted by Crippen LogP contribution is -1.93. The molecule has 0 atom stereocenters. The summed E-state index contributed by atoms with van der Waals surface area (Å²) in [5, 5.41) is 10.2. The third-order valence-electron chi connectivity index (χ3n) is 2.61. The number of benzene rings is 1. The molecule has 4 heteroatoms. The fourth-order valence-electron chi connectivity index (χ4n) is 1.58.